The number of carbonyl (C=O) groups excluding carboxylic acids is 1. The molecule has 0 saturated carbocycles. The number of aromatic nitrogens is 1. The number of ether oxygens (including phenoxy) is 1. The number of aryl methyl sites for hydroxylation is 1. The third kappa shape index (κ3) is 3.88. The van der Waals surface area contributed by atoms with Crippen molar-refractivity contribution in [3.63, 3.8) is 0 Å². The molecule has 1 aromatic rings. The van der Waals surface area contributed by atoms with Gasteiger partial charge in [-0.2, -0.15) is 13.2 Å². The Morgan fingerprint density at radius 2 is 2.00 bits per heavy atom. The summed E-state index contributed by atoms with van der Waals surface area (Å²) in [6, 6.07) is 0.595. The van der Waals surface area contributed by atoms with Gasteiger partial charge in [0, 0.05) is 0 Å². The molecule has 1 aromatic heterocycles. The summed E-state index contributed by atoms with van der Waals surface area (Å²) in [5, 5.41) is 0. The Hall–Kier alpha value is -1.73. The highest BCUT2D eigenvalue weighted by Gasteiger charge is 2.37. The molecule has 0 spiro atoms. The van der Waals surface area contributed by atoms with Crippen molar-refractivity contribution >= 4 is 5.97 Å². The molecular weight excluding hydrogens is 285 g/mol. The van der Waals surface area contributed by atoms with Crippen molar-refractivity contribution in [3.8, 4) is 0 Å². The normalized spacial score (nSPS) is 11.8. The summed E-state index contributed by atoms with van der Waals surface area (Å²) in [6.07, 6.45) is -8.53. The van der Waals surface area contributed by atoms with Crippen molar-refractivity contribution in [2.75, 3.05) is 6.61 Å². The van der Waals surface area contributed by atoms with Crippen LogP contribution in [0.25, 0.3) is 0 Å². The fourth-order valence-corrected chi connectivity index (χ4v) is 1.77. The lowest BCUT2D eigenvalue weighted by molar-refractivity contribution is -0.143. The number of esters is 1. The molecule has 0 unspecified atom stereocenters. The fraction of sp³-hybridized carbons (Fsp3) is 0.500. The van der Waals surface area contributed by atoms with Crippen LogP contribution in [0.1, 0.15) is 35.9 Å². The number of halogens is 5. The lowest BCUT2D eigenvalue weighted by Crippen LogP contribution is -2.18. The molecule has 0 radical (unpaired) electrons. The monoisotopic (exact) mass is 297 g/mol. The zero-order chi connectivity index (χ0) is 15.5. The maximum absolute atomic E-state index is 12.9. The first-order valence-electron chi connectivity index (χ1n) is 5.68. The minimum Gasteiger partial charge on any atom is -0.466 e. The van der Waals surface area contributed by atoms with Gasteiger partial charge in [0.1, 0.15) is 5.69 Å². The maximum Gasteiger partial charge on any atom is 0.418 e. The number of carbonyl (C=O) groups is 1. The summed E-state index contributed by atoms with van der Waals surface area (Å²) in [6.45, 7) is 2.46. The quantitative estimate of drug-likeness (QED) is 0.631. The topological polar surface area (TPSA) is 39.2 Å². The third-order valence-corrected chi connectivity index (χ3v) is 2.45. The summed E-state index contributed by atoms with van der Waals surface area (Å²) >= 11 is 0. The predicted octanol–water partition coefficient (Wildman–Crippen LogP) is 3.45. The van der Waals surface area contributed by atoms with Gasteiger partial charge in [-0.1, -0.05) is 0 Å². The molecular formula is C12H12F5NO2. The van der Waals surface area contributed by atoms with E-state index in [1.807, 2.05) is 0 Å². The molecule has 1 heterocycles. The van der Waals surface area contributed by atoms with E-state index in [0.29, 0.717) is 6.07 Å². The SMILES string of the molecule is CCOC(=O)Cc1cc(C(F)F)nc(C)c1C(F)(F)F. The average molecular weight is 297 g/mol. The molecule has 112 valence electrons. The number of hydrogen-bond acceptors (Lipinski definition) is 3. The Kier molecular flexibility index (Phi) is 5.02. The fourth-order valence-electron chi connectivity index (χ4n) is 1.77. The third-order valence-electron chi connectivity index (χ3n) is 2.45. The van der Waals surface area contributed by atoms with Crippen molar-refractivity contribution < 1.29 is 31.5 Å². The first kappa shape index (κ1) is 16.3. The van der Waals surface area contributed by atoms with Gasteiger partial charge in [-0.15, -0.1) is 0 Å². The minimum atomic E-state index is -4.78. The molecule has 0 aliphatic heterocycles. The first-order chi connectivity index (χ1) is 9.16. The smallest absolute Gasteiger partial charge is 0.418 e. The lowest BCUT2D eigenvalue weighted by Gasteiger charge is -2.16. The Bertz CT molecular complexity index is 499. The molecule has 0 saturated heterocycles. The van der Waals surface area contributed by atoms with Gasteiger partial charge in [0.2, 0.25) is 0 Å². The second-order valence-corrected chi connectivity index (χ2v) is 3.95. The number of pyridine rings is 1. The summed E-state index contributed by atoms with van der Waals surface area (Å²) in [5.74, 6) is -0.913. The van der Waals surface area contributed by atoms with E-state index >= 15 is 0 Å². The van der Waals surface area contributed by atoms with E-state index in [1.54, 1.807) is 0 Å². The number of nitrogens with zero attached hydrogens (tertiary/aromatic N) is 1. The van der Waals surface area contributed by atoms with Crippen LogP contribution in [0.3, 0.4) is 0 Å². The van der Waals surface area contributed by atoms with Crippen LogP contribution in [0.15, 0.2) is 6.07 Å². The van der Waals surface area contributed by atoms with Crippen LogP contribution in [0.2, 0.25) is 0 Å². The van der Waals surface area contributed by atoms with Crippen molar-refractivity contribution in [2.45, 2.75) is 32.9 Å². The summed E-state index contributed by atoms with van der Waals surface area (Å²) in [5.41, 5.74) is -3.11. The van der Waals surface area contributed by atoms with Crippen LogP contribution in [0, 0.1) is 6.92 Å². The molecule has 8 heteroatoms. The molecule has 0 bridgehead atoms. The Balaban J connectivity index is 3.32. The zero-order valence-corrected chi connectivity index (χ0v) is 10.7. The van der Waals surface area contributed by atoms with Gasteiger partial charge < -0.3 is 4.74 Å². The summed E-state index contributed by atoms with van der Waals surface area (Å²) in [7, 11) is 0. The van der Waals surface area contributed by atoms with Crippen LogP contribution < -0.4 is 0 Å². The van der Waals surface area contributed by atoms with Gasteiger partial charge in [-0.3, -0.25) is 9.78 Å². The van der Waals surface area contributed by atoms with Gasteiger partial charge in [-0.05, 0) is 25.5 Å². The maximum atomic E-state index is 12.9. The second-order valence-electron chi connectivity index (χ2n) is 3.95. The van der Waals surface area contributed by atoms with E-state index in [2.05, 4.69) is 9.72 Å². The zero-order valence-electron chi connectivity index (χ0n) is 10.7. The van der Waals surface area contributed by atoms with Crippen LogP contribution >= 0.6 is 0 Å². The van der Waals surface area contributed by atoms with E-state index in [-0.39, 0.29) is 6.61 Å². The van der Waals surface area contributed by atoms with Crippen LogP contribution in [0.5, 0.6) is 0 Å². The highest BCUT2D eigenvalue weighted by molar-refractivity contribution is 5.73. The van der Waals surface area contributed by atoms with E-state index in [1.165, 1.54) is 6.92 Å². The number of rotatable bonds is 4. The van der Waals surface area contributed by atoms with Crippen molar-refractivity contribution in [1.29, 1.82) is 0 Å². The highest BCUT2D eigenvalue weighted by Crippen LogP contribution is 2.35. The molecule has 20 heavy (non-hydrogen) atoms. The van der Waals surface area contributed by atoms with Crippen LogP contribution in [0.4, 0.5) is 22.0 Å². The van der Waals surface area contributed by atoms with Crippen LogP contribution in [-0.4, -0.2) is 17.6 Å². The number of hydrogen-bond donors (Lipinski definition) is 0. The van der Waals surface area contributed by atoms with Gasteiger partial charge in [-0.25, -0.2) is 8.78 Å². The molecule has 1 rings (SSSR count). The largest absolute Gasteiger partial charge is 0.466 e. The van der Waals surface area contributed by atoms with Crippen molar-refractivity contribution in [1.82, 2.24) is 4.98 Å². The Morgan fingerprint density at radius 1 is 1.40 bits per heavy atom. The van der Waals surface area contributed by atoms with Crippen molar-refractivity contribution in [2.24, 2.45) is 0 Å². The van der Waals surface area contributed by atoms with Crippen molar-refractivity contribution in [3.05, 3.63) is 28.6 Å². The molecule has 0 aliphatic rings. The summed E-state index contributed by atoms with van der Waals surface area (Å²) in [4.78, 5) is 14.5. The molecule has 0 aliphatic carbocycles. The molecule has 0 amide bonds. The highest BCUT2D eigenvalue weighted by atomic mass is 19.4. The average Bonchev–Trinajstić information content (AvgIpc) is 2.26. The first-order valence-corrected chi connectivity index (χ1v) is 5.68. The molecule has 0 N–H and O–H groups in total. The van der Waals surface area contributed by atoms with Crippen LogP contribution in [-0.2, 0) is 22.1 Å². The molecule has 0 fully saturated rings. The van der Waals surface area contributed by atoms with Gasteiger partial charge >= 0.3 is 12.1 Å². The molecule has 0 aromatic carbocycles. The van der Waals surface area contributed by atoms with Gasteiger partial charge in [0.15, 0.2) is 0 Å². The van der Waals surface area contributed by atoms with Gasteiger partial charge in [0.05, 0.1) is 24.3 Å². The molecule has 3 nitrogen and oxygen atoms in total. The number of alkyl halides is 5. The van der Waals surface area contributed by atoms with Gasteiger partial charge in [0.25, 0.3) is 6.43 Å². The van der Waals surface area contributed by atoms with E-state index in [0.717, 1.165) is 6.92 Å². The Labute approximate surface area is 111 Å². The standard InChI is InChI=1S/C12H12F5NO2/c1-3-20-9(19)5-7-4-8(11(13)14)18-6(2)10(7)12(15,16)17/h4,11H,3,5H2,1-2H3. The Morgan fingerprint density at radius 3 is 2.45 bits per heavy atom. The second kappa shape index (κ2) is 6.15. The molecule has 0 atom stereocenters. The minimum absolute atomic E-state index is 0.00798. The summed E-state index contributed by atoms with van der Waals surface area (Å²) < 4.78 is 68.4. The van der Waals surface area contributed by atoms with E-state index in [9.17, 15) is 26.7 Å². The van der Waals surface area contributed by atoms with E-state index in [4.69, 9.17) is 0 Å². The van der Waals surface area contributed by atoms with E-state index < -0.39 is 47.5 Å². The lowest BCUT2D eigenvalue weighted by atomic mass is 10.0. The predicted molar refractivity (Wildman–Crippen MR) is 59.3 cm³/mol.